The third-order valence-electron chi connectivity index (χ3n) is 7.16. The SMILES string of the molecule is O=C(c1c(C2CC2)ccn2cncc12)C1CCC(c2ccnc3ccc(F)cc23)CC1. The van der Waals surface area contributed by atoms with E-state index in [1.165, 1.54) is 24.5 Å². The van der Waals surface area contributed by atoms with Crippen LogP contribution >= 0.6 is 0 Å². The number of benzene rings is 1. The van der Waals surface area contributed by atoms with E-state index in [2.05, 4.69) is 16.0 Å². The summed E-state index contributed by atoms with van der Waals surface area (Å²) in [6, 6.07) is 8.94. The Kier molecular flexibility index (Phi) is 4.37. The van der Waals surface area contributed by atoms with Crippen LogP contribution in [0.5, 0.6) is 0 Å². The summed E-state index contributed by atoms with van der Waals surface area (Å²) in [6.07, 6.45) is 13.4. The summed E-state index contributed by atoms with van der Waals surface area (Å²) in [6.45, 7) is 0. The average Bonchev–Trinajstić information content (AvgIpc) is 3.54. The molecule has 0 atom stereocenters. The molecule has 6 rings (SSSR count). The lowest BCUT2D eigenvalue weighted by atomic mass is 9.75. The summed E-state index contributed by atoms with van der Waals surface area (Å²) in [4.78, 5) is 22.3. The number of pyridine rings is 2. The van der Waals surface area contributed by atoms with Crippen LogP contribution in [-0.2, 0) is 0 Å². The number of aromatic nitrogens is 3. The molecule has 156 valence electrons. The Hall–Kier alpha value is -3.08. The fourth-order valence-corrected chi connectivity index (χ4v) is 5.38. The second-order valence-electron chi connectivity index (χ2n) is 9.08. The van der Waals surface area contributed by atoms with Crippen LogP contribution in [0.1, 0.15) is 71.8 Å². The van der Waals surface area contributed by atoms with Gasteiger partial charge in [-0.05, 0) is 91.8 Å². The van der Waals surface area contributed by atoms with Gasteiger partial charge in [0.05, 0.1) is 23.6 Å². The van der Waals surface area contributed by atoms with Gasteiger partial charge in [-0.1, -0.05) is 0 Å². The number of imidazole rings is 1. The lowest BCUT2D eigenvalue weighted by molar-refractivity contribution is 0.0884. The molecule has 0 aliphatic heterocycles. The third-order valence-corrected chi connectivity index (χ3v) is 7.16. The fraction of sp³-hybridized carbons (Fsp3) is 0.346. The van der Waals surface area contributed by atoms with Crippen LogP contribution < -0.4 is 0 Å². The zero-order valence-corrected chi connectivity index (χ0v) is 17.3. The Balaban J connectivity index is 1.27. The quantitative estimate of drug-likeness (QED) is 0.382. The van der Waals surface area contributed by atoms with Crippen molar-refractivity contribution in [2.24, 2.45) is 5.92 Å². The van der Waals surface area contributed by atoms with E-state index in [4.69, 9.17) is 0 Å². The zero-order valence-electron chi connectivity index (χ0n) is 17.3. The minimum absolute atomic E-state index is 0.0414. The first-order chi connectivity index (χ1) is 15.2. The number of Topliss-reactive ketones (excluding diaryl/α,β-unsaturated/α-hetero) is 1. The predicted molar refractivity (Wildman–Crippen MR) is 118 cm³/mol. The highest BCUT2D eigenvalue weighted by Gasteiger charge is 2.34. The van der Waals surface area contributed by atoms with E-state index in [0.29, 0.717) is 11.8 Å². The molecule has 0 amide bonds. The minimum atomic E-state index is -0.230. The highest BCUT2D eigenvalue weighted by atomic mass is 19.1. The van der Waals surface area contributed by atoms with Crippen LogP contribution in [-0.4, -0.2) is 20.2 Å². The summed E-state index contributed by atoms with van der Waals surface area (Å²) in [5.74, 6) is 0.946. The first-order valence-electron chi connectivity index (χ1n) is 11.2. The molecule has 3 heterocycles. The van der Waals surface area contributed by atoms with E-state index >= 15 is 0 Å². The van der Waals surface area contributed by atoms with E-state index in [-0.39, 0.29) is 17.5 Å². The smallest absolute Gasteiger partial charge is 0.168 e. The molecular formula is C26H24FN3O. The van der Waals surface area contributed by atoms with Gasteiger partial charge in [-0.3, -0.25) is 9.78 Å². The van der Waals surface area contributed by atoms with Crippen molar-refractivity contribution in [3.63, 3.8) is 0 Å². The van der Waals surface area contributed by atoms with Gasteiger partial charge in [-0.2, -0.15) is 0 Å². The maximum absolute atomic E-state index is 13.9. The van der Waals surface area contributed by atoms with E-state index in [1.54, 1.807) is 18.5 Å². The van der Waals surface area contributed by atoms with Gasteiger partial charge >= 0.3 is 0 Å². The first kappa shape index (κ1) is 18.7. The lowest BCUT2D eigenvalue weighted by Gasteiger charge is -2.29. The van der Waals surface area contributed by atoms with Crippen molar-refractivity contribution >= 4 is 22.2 Å². The van der Waals surface area contributed by atoms with Crippen LogP contribution in [0, 0.1) is 11.7 Å². The number of ketones is 1. The number of carbonyl (C=O) groups excluding carboxylic acids is 1. The molecule has 3 aromatic heterocycles. The van der Waals surface area contributed by atoms with Crippen molar-refractivity contribution in [1.29, 1.82) is 0 Å². The number of carbonyl (C=O) groups is 1. The zero-order chi connectivity index (χ0) is 20.9. The van der Waals surface area contributed by atoms with Crippen molar-refractivity contribution in [2.45, 2.75) is 50.4 Å². The van der Waals surface area contributed by atoms with Gasteiger partial charge in [0.25, 0.3) is 0 Å². The second-order valence-corrected chi connectivity index (χ2v) is 9.08. The molecule has 1 aromatic carbocycles. The summed E-state index contributed by atoms with van der Waals surface area (Å²) < 4.78 is 15.8. The summed E-state index contributed by atoms with van der Waals surface area (Å²) in [7, 11) is 0. The number of halogens is 1. The van der Waals surface area contributed by atoms with Gasteiger partial charge in [-0.25, -0.2) is 9.37 Å². The number of fused-ring (bicyclic) bond motifs is 2. The molecule has 0 N–H and O–H groups in total. The van der Waals surface area contributed by atoms with Crippen LogP contribution in [0.3, 0.4) is 0 Å². The van der Waals surface area contributed by atoms with Gasteiger partial charge in [-0.15, -0.1) is 0 Å². The Bertz CT molecular complexity index is 1300. The molecule has 5 heteroatoms. The normalized spacial score (nSPS) is 21.6. The topological polar surface area (TPSA) is 47.3 Å². The number of hydrogen-bond acceptors (Lipinski definition) is 3. The minimum Gasteiger partial charge on any atom is -0.306 e. The van der Waals surface area contributed by atoms with Gasteiger partial charge in [0.1, 0.15) is 5.82 Å². The summed E-state index contributed by atoms with van der Waals surface area (Å²) >= 11 is 0. The Morgan fingerprint density at radius 2 is 1.74 bits per heavy atom. The van der Waals surface area contributed by atoms with E-state index in [1.807, 2.05) is 29.1 Å². The average molecular weight is 413 g/mol. The van der Waals surface area contributed by atoms with Crippen molar-refractivity contribution in [2.75, 3.05) is 0 Å². The summed E-state index contributed by atoms with van der Waals surface area (Å²) in [5.41, 5.74) is 5.02. The standard InChI is InChI=1S/C26H24FN3O/c27-19-7-8-23-22(13-19)20(9-11-29-23)16-3-5-18(6-4-16)26(31)25-21(17-1-2-17)10-12-30-15-28-14-24(25)30/h7-18H,1-6H2. The van der Waals surface area contributed by atoms with Crippen molar-refractivity contribution in [1.82, 2.24) is 14.4 Å². The second kappa shape index (κ2) is 7.26. The molecule has 2 fully saturated rings. The Morgan fingerprint density at radius 3 is 2.55 bits per heavy atom. The van der Waals surface area contributed by atoms with Crippen molar-refractivity contribution < 1.29 is 9.18 Å². The lowest BCUT2D eigenvalue weighted by Crippen LogP contribution is -2.23. The van der Waals surface area contributed by atoms with Gasteiger partial charge in [0.2, 0.25) is 0 Å². The van der Waals surface area contributed by atoms with Gasteiger partial charge < -0.3 is 4.40 Å². The first-order valence-corrected chi connectivity index (χ1v) is 11.2. The molecule has 0 bridgehead atoms. The van der Waals surface area contributed by atoms with Crippen molar-refractivity contribution in [3.05, 3.63) is 77.8 Å². The van der Waals surface area contributed by atoms with Gasteiger partial charge in [0, 0.05) is 29.3 Å². The molecular weight excluding hydrogens is 389 g/mol. The largest absolute Gasteiger partial charge is 0.306 e. The molecule has 2 aliphatic carbocycles. The Labute approximate surface area is 180 Å². The highest BCUT2D eigenvalue weighted by Crippen LogP contribution is 2.45. The van der Waals surface area contributed by atoms with E-state index in [0.717, 1.165) is 53.2 Å². The molecule has 0 saturated heterocycles. The molecule has 4 aromatic rings. The number of rotatable bonds is 4. The van der Waals surface area contributed by atoms with Crippen LogP contribution in [0.15, 0.2) is 55.2 Å². The molecule has 2 saturated carbocycles. The molecule has 2 aliphatic rings. The molecule has 0 spiro atoms. The highest BCUT2D eigenvalue weighted by molar-refractivity contribution is 6.05. The van der Waals surface area contributed by atoms with Crippen LogP contribution in [0.25, 0.3) is 16.4 Å². The molecule has 31 heavy (non-hydrogen) atoms. The summed E-state index contributed by atoms with van der Waals surface area (Å²) in [5, 5.41) is 0.900. The maximum Gasteiger partial charge on any atom is 0.168 e. The van der Waals surface area contributed by atoms with Gasteiger partial charge in [0.15, 0.2) is 5.78 Å². The van der Waals surface area contributed by atoms with E-state index in [9.17, 15) is 9.18 Å². The monoisotopic (exact) mass is 413 g/mol. The van der Waals surface area contributed by atoms with E-state index < -0.39 is 0 Å². The molecule has 4 nitrogen and oxygen atoms in total. The van der Waals surface area contributed by atoms with Crippen LogP contribution in [0.4, 0.5) is 4.39 Å². The third kappa shape index (κ3) is 3.23. The fourth-order valence-electron chi connectivity index (χ4n) is 5.38. The molecule has 0 unspecified atom stereocenters. The number of nitrogens with zero attached hydrogens (tertiary/aromatic N) is 3. The predicted octanol–water partition coefficient (Wildman–Crippen LogP) is 6.06. The van der Waals surface area contributed by atoms with Crippen LogP contribution in [0.2, 0.25) is 0 Å². The Morgan fingerprint density at radius 1 is 0.968 bits per heavy atom. The molecule has 0 radical (unpaired) electrons. The maximum atomic E-state index is 13.9. The van der Waals surface area contributed by atoms with Crippen molar-refractivity contribution in [3.8, 4) is 0 Å². The number of hydrogen-bond donors (Lipinski definition) is 0.